The molecule has 0 unspecified atom stereocenters. The predicted octanol–water partition coefficient (Wildman–Crippen LogP) is 4.18. The Bertz CT molecular complexity index is 969. The van der Waals surface area contributed by atoms with E-state index in [0.717, 1.165) is 39.2 Å². The molecule has 0 aliphatic carbocycles. The highest BCUT2D eigenvalue weighted by atomic mass is 32.1. The van der Waals surface area contributed by atoms with Crippen molar-refractivity contribution in [1.82, 2.24) is 19.9 Å². The number of H-pyrrole nitrogens is 1. The minimum atomic E-state index is 0.835. The van der Waals surface area contributed by atoms with E-state index in [-0.39, 0.29) is 0 Å². The molecule has 4 aromatic rings. The second-order valence-electron chi connectivity index (χ2n) is 5.19. The molecule has 0 aliphatic rings. The van der Waals surface area contributed by atoms with Gasteiger partial charge in [0, 0.05) is 11.4 Å². The summed E-state index contributed by atoms with van der Waals surface area (Å²) < 4.78 is 1.16. The van der Waals surface area contributed by atoms with Gasteiger partial charge in [0.2, 0.25) is 0 Å². The number of benzene rings is 1. The van der Waals surface area contributed by atoms with E-state index in [2.05, 4.69) is 45.2 Å². The fraction of sp³-hybridized carbons (Fsp3) is 0.188. The van der Waals surface area contributed by atoms with Gasteiger partial charge in [0.25, 0.3) is 0 Å². The van der Waals surface area contributed by atoms with Crippen LogP contribution in [-0.2, 0) is 6.42 Å². The summed E-state index contributed by atoms with van der Waals surface area (Å²) >= 11 is 1.64. The van der Waals surface area contributed by atoms with Crippen LogP contribution in [0.2, 0.25) is 0 Å². The molecule has 2 N–H and O–H groups in total. The summed E-state index contributed by atoms with van der Waals surface area (Å²) in [5.74, 6) is 0.835. The number of hydrogen-bond donors (Lipinski definition) is 2. The van der Waals surface area contributed by atoms with Crippen molar-refractivity contribution in [2.45, 2.75) is 20.3 Å². The van der Waals surface area contributed by atoms with Crippen LogP contribution in [0.4, 0.5) is 11.5 Å². The third kappa shape index (κ3) is 2.03. The molecule has 0 saturated heterocycles. The molecule has 110 valence electrons. The summed E-state index contributed by atoms with van der Waals surface area (Å²) in [4.78, 5) is 16.4. The number of fused-ring (bicyclic) bond motifs is 2. The van der Waals surface area contributed by atoms with Crippen LogP contribution in [0.1, 0.15) is 18.2 Å². The standard InChI is InChI=1S/C16H15N5S/c1-3-11-9(2)14-15(17-7-18-16(14)21-11)20-10-4-5-12-13(6-10)22-8-19-12/h4-8H,3H2,1-2H3,(H2,17,18,20,21). The van der Waals surface area contributed by atoms with Gasteiger partial charge >= 0.3 is 0 Å². The Balaban J connectivity index is 1.81. The van der Waals surface area contributed by atoms with Crippen molar-refractivity contribution in [3.05, 3.63) is 41.3 Å². The molecule has 22 heavy (non-hydrogen) atoms. The van der Waals surface area contributed by atoms with Gasteiger partial charge in [0.1, 0.15) is 17.8 Å². The molecule has 4 rings (SSSR count). The molecule has 0 atom stereocenters. The van der Waals surface area contributed by atoms with Crippen LogP contribution in [0.3, 0.4) is 0 Å². The summed E-state index contributed by atoms with van der Waals surface area (Å²) in [6, 6.07) is 6.15. The number of hydrogen-bond acceptors (Lipinski definition) is 5. The van der Waals surface area contributed by atoms with Gasteiger partial charge < -0.3 is 10.3 Å². The fourth-order valence-electron chi connectivity index (χ4n) is 2.74. The predicted molar refractivity (Wildman–Crippen MR) is 90.9 cm³/mol. The first kappa shape index (κ1) is 13.2. The first-order chi connectivity index (χ1) is 10.8. The highest BCUT2D eigenvalue weighted by molar-refractivity contribution is 7.16. The summed E-state index contributed by atoms with van der Waals surface area (Å²) in [6.07, 6.45) is 2.54. The van der Waals surface area contributed by atoms with E-state index in [1.54, 1.807) is 17.7 Å². The number of anilines is 2. The minimum absolute atomic E-state index is 0.835. The smallest absolute Gasteiger partial charge is 0.143 e. The van der Waals surface area contributed by atoms with Crippen LogP contribution in [0.15, 0.2) is 30.0 Å². The van der Waals surface area contributed by atoms with Crippen LogP contribution >= 0.6 is 11.3 Å². The number of aromatic nitrogens is 4. The van der Waals surface area contributed by atoms with Crippen LogP contribution in [0.25, 0.3) is 21.3 Å². The lowest BCUT2D eigenvalue weighted by Gasteiger charge is -2.07. The maximum atomic E-state index is 4.42. The molecule has 6 heteroatoms. The molecule has 0 bridgehead atoms. The van der Waals surface area contributed by atoms with Gasteiger partial charge in [-0.2, -0.15) is 0 Å². The van der Waals surface area contributed by atoms with E-state index in [1.165, 1.54) is 11.3 Å². The van der Waals surface area contributed by atoms with Gasteiger partial charge in [0.05, 0.1) is 21.1 Å². The maximum absolute atomic E-state index is 4.42. The number of aromatic amines is 1. The van der Waals surface area contributed by atoms with E-state index in [1.807, 2.05) is 17.6 Å². The Morgan fingerprint density at radius 1 is 1.23 bits per heavy atom. The summed E-state index contributed by atoms with van der Waals surface area (Å²) in [5.41, 5.74) is 7.19. The second-order valence-corrected chi connectivity index (χ2v) is 6.07. The molecule has 3 heterocycles. The van der Waals surface area contributed by atoms with Gasteiger partial charge in [-0.05, 0) is 37.1 Å². The van der Waals surface area contributed by atoms with Gasteiger partial charge in [0.15, 0.2) is 0 Å². The van der Waals surface area contributed by atoms with Crippen LogP contribution < -0.4 is 5.32 Å². The number of nitrogens with zero attached hydrogens (tertiary/aromatic N) is 3. The van der Waals surface area contributed by atoms with E-state index >= 15 is 0 Å². The lowest BCUT2D eigenvalue weighted by Crippen LogP contribution is -1.95. The zero-order chi connectivity index (χ0) is 15.1. The van der Waals surface area contributed by atoms with Crippen molar-refractivity contribution >= 4 is 44.1 Å². The minimum Gasteiger partial charge on any atom is -0.343 e. The van der Waals surface area contributed by atoms with E-state index in [9.17, 15) is 0 Å². The van der Waals surface area contributed by atoms with Crippen LogP contribution in [0.5, 0.6) is 0 Å². The summed E-state index contributed by atoms with van der Waals surface area (Å²) in [5, 5.41) is 4.47. The molecule has 0 amide bonds. The fourth-order valence-corrected chi connectivity index (χ4v) is 3.46. The average molecular weight is 309 g/mol. The largest absolute Gasteiger partial charge is 0.343 e. The third-order valence-electron chi connectivity index (χ3n) is 3.89. The molecule has 1 aromatic carbocycles. The van der Waals surface area contributed by atoms with Crippen molar-refractivity contribution in [3.63, 3.8) is 0 Å². The number of thiazole rings is 1. The molecule has 0 fully saturated rings. The van der Waals surface area contributed by atoms with E-state index in [0.29, 0.717) is 0 Å². The van der Waals surface area contributed by atoms with Gasteiger partial charge in [-0.25, -0.2) is 15.0 Å². The average Bonchev–Trinajstić information content (AvgIpc) is 3.12. The monoisotopic (exact) mass is 309 g/mol. The first-order valence-corrected chi connectivity index (χ1v) is 8.06. The molecule has 0 spiro atoms. The molecule has 3 aromatic heterocycles. The Morgan fingerprint density at radius 2 is 2.14 bits per heavy atom. The molecular weight excluding hydrogens is 294 g/mol. The molecule has 0 radical (unpaired) electrons. The third-order valence-corrected chi connectivity index (χ3v) is 4.68. The number of aryl methyl sites for hydroxylation is 2. The lowest BCUT2D eigenvalue weighted by atomic mass is 10.1. The van der Waals surface area contributed by atoms with Crippen molar-refractivity contribution in [3.8, 4) is 0 Å². The van der Waals surface area contributed by atoms with E-state index in [4.69, 9.17) is 0 Å². The Morgan fingerprint density at radius 3 is 3.00 bits per heavy atom. The van der Waals surface area contributed by atoms with Crippen LogP contribution in [-0.4, -0.2) is 19.9 Å². The quantitative estimate of drug-likeness (QED) is 0.596. The molecule has 0 aliphatic heterocycles. The highest BCUT2D eigenvalue weighted by Gasteiger charge is 2.13. The second kappa shape index (κ2) is 5.06. The van der Waals surface area contributed by atoms with Crippen molar-refractivity contribution in [2.75, 3.05) is 5.32 Å². The lowest BCUT2D eigenvalue weighted by molar-refractivity contribution is 1.05. The Labute approximate surface area is 131 Å². The zero-order valence-corrected chi connectivity index (χ0v) is 13.2. The highest BCUT2D eigenvalue weighted by Crippen LogP contribution is 2.29. The van der Waals surface area contributed by atoms with Gasteiger partial charge in [-0.1, -0.05) is 6.92 Å². The van der Waals surface area contributed by atoms with Crippen molar-refractivity contribution in [2.24, 2.45) is 0 Å². The van der Waals surface area contributed by atoms with Gasteiger partial charge in [-0.3, -0.25) is 0 Å². The summed E-state index contributed by atoms with van der Waals surface area (Å²) in [7, 11) is 0. The molecular formula is C16H15N5S. The summed E-state index contributed by atoms with van der Waals surface area (Å²) in [6.45, 7) is 4.24. The number of rotatable bonds is 3. The Hall–Kier alpha value is -2.47. The first-order valence-electron chi connectivity index (χ1n) is 7.18. The Kier molecular flexibility index (Phi) is 3.04. The molecule has 5 nitrogen and oxygen atoms in total. The normalized spacial score (nSPS) is 11.4. The zero-order valence-electron chi connectivity index (χ0n) is 12.3. The van der Waals surface area contributed by atoms with Gasteiger partial charge in [-0.15, -0.1) is 11.3 Å². The SMILES string of the molecule is CCc1[nH]c2ncnc(Nc3ccc4ncsc4c3)c2c1C. The van der Waals surface area contributed by atoms with Crippen LogP contribution in [0, 0.1) is 6.92 Å². The van der Waals surface area contributed by atoms with Crippen molar-refractivity contribution < 1.29 is 0 Å². The van der Waals surface area contributed by atoms with Crippen molar-refractivity contribution in [1.29, 1.82) is 0 Å². The number of nitrogens with one attached hydrogen (secondary N) is 2. The maximum Gasteiger partial charge on any atom is 0.143 e. The topological polar surface area (TPSA) is 66.5 Å². The van der Waals surface area contributed by atoms with E-state index < -0.39 is 0 Å². The molecule has 0 saturated carbocycles.